The number of nitrogens with zero attached hydrogens (tertiary/aromatic N) is 2. The summed E-state index contributed by atoms with van der Waals surface area (Å²) >= 11 is 0. The molecule has 2 aromatic heterocycles. The number of hydrogen-bond donors (Lipinski definition) is 0. The van der Waals surface area contributed by atoms with Crippen LogP contribution in [0.3, 0.4) is 0 Å². The highest BCUT2D eigenvalue weighted by Gasteiger charge is 2.34. The SMILES string of the molecule is CN(C(=O)c1cc(-c2ccco2)on1)[C@@H]1CCS(=O)(=O)C1. The van der Waals surface area contributed by atoms with Crippen LogP contribution in [0.15, 0.2) is 33.4 Å². The molecule has 0 saturated carbocycles. The Morgan fingerprint density at radius 1 is 1.43 bits per heavy atom. The molecule has 1 amide bonds. The van der Waals surface area contributed by atoms with Crippen LogP contribution in [0.5, 0.6) is 0 Å². The van der Waals surface area contributed by atoms with Gasteiger partial charge in [-0.1, -0.05) is 5.16 Å². The minimum Gasteiger partial charge on any atom is -0.461 e. The fourth-order valence-corrected chi connectivity index (χ4v) is 4.11. The fourth-order valence-electron chi connectivity index (χ4n) is 2.34. The molecule has 0 aromatic carbocycles. The second kappa shape index (κ2) is 5.03. The molecule has 0 aliphatic carbocycles. The van der Waals surface area contributed by atoms with Gasteiger partial charge in [-0.2, -0.15) is 0 Å². The summed E-state index contributed by atoms with van der Waals surface area (Å²) < 4.78 is 33.2. The van der Waals surface area contributed by atoms with Crippen molar-refractivity contribution in [1.29, 1.82) is 0 Å². The van der Waals surface area contributed by atoms with Crippen molar-refractivity contribution >= 4 is 15.7 Å². The van der Waals surface area contributed by atoms with Crippen LogP contribution in [0.2, 0.25) is 0 Å². The van der Waals surface area contributed by atoms with E-state index in [4.69, 9.17) is 8.94 Å². The average Bonchev–Trinajstić information content (AvgIpc) is 3.16. The van der Waals surface area contributed by atoms with E-state index in [0.29, 0.717) is 17.9 Å². The number of amides is 1. The fraction of sp³-hybridized carbons (Fsp3) is 0.385. The number of rotatable bonds is 3. The number of aromatic nitrogens is 1. The first-order chi connectivity index (χ1) is 9.96. The van der Waals surface area contributed by atoms with Gasteiger partial charge in [0.2, 0.25) is 5.76 Å². The molecule has 0 bridgehead atoms. The summed E-state index contributed by atoms with van der Waals surface area (Å²) in [6.07, 6.45) is 1.95. The maximum Gasteiger partial charge on any atom is 0.276 e. The molecule has 1 atom stereocenters. The van der Waals surface area contributed by atoms with E-state index in [1.54, 1.807) is 19.2 Å². The Bertz CT molecular complexity index is 747. The minimum atomic E-state index is -3.04. The zero-order valence-electron chi connectivity index (χ0n) is 11.4. The van der Waals surface area contributed by atoms with E-state index in [1.807, 2.05) is 0 Å². The molecule has 0 unspecified atom stereocenters. The van der Waals surface area contributed by atoms with Crippen molar-refractivity contribution in [2.24, 2.45) is 0 Å². The van der Waals surface area contributed by atoms with Gasteiger partial charge in [-0.15, -0.1) is 0 Å². The Labute approximate surface area is 121 Å². The summed E-state index contributed by atoms with van der Waals surface area (Å²) in [6, 6.07) is 4.57. The van der Waals surface area contributed by atoms with E-state index in [-0.39, 0.29) is 29.1 Å². The van der Waals surface area contributed by atoms with Gasteiger partial charge in [0.05, 0.1) is 17.8 Å². The summed E-state index contributed by atoms with van der Waals surface area (Å²) in [6.45, 7) is 0. The third-order valence-electron chi connectivity index (χ3n) is 3.57. The first-order valence-electron chi connectivity index (χ1n) is 6.44. The topological polar surface area (TPSA) is 93.6 Å². The van der Waals surface area contributed by atoms with Crippen molar-refractivity contribution in [3.63, 3.8) is 0 Å². The Hall–Kier alpha value is -2.09. The van der Waals surface area contributed by atoms with Crippen LogP contribution < -0.4 is 0 Å². The third-order valence-corrected chi connectivity index (χ3v) is 5.32. The van der Waals surface area contributed by atoms with Crippen molar-refractivity contribution in [3.05, 3.63) is 30.2 Å². The lowest BCUT2D eigenvalue weighted by Crippen LogP contribution is -2.37. The first-order valence-corrected chi connectivity index (χ1v) is 8.26. The molecule has 1 fully saturated rings. The molecular weight excluding hydrogens is 296 g/mol. The molecule has 3 rings (SSSR count). The maximum absolute atomic E-state index is 12.3. The lowest BCUT2D eigenvalue weighted by molar-refractivity contribution is 0.0737. The number of hydrogen-bond acceptors (Lipinski definition) is 6. The zero-order chi connectivity index (χ0) is 15.0. The van der Waals surface area contributed by atoms with Crippen LogP contribution in [0.4, 0.5) is 0 Å². The second-order valence-corrected chi connectivity index (χ2v) is 7.26. The zero-order valence-corrected chi connectivity index (χ0v) is 12.2. The number of sulfone groups is 1. The van der Waals surface area contributed by atoms with Crippen LogP contribution >= 0.6 is 0 Å². The Morgan fingerprint density at radius 3 is 2.86 bits per heavy atom. The molecule has 0 N–H and O–H groups in total. The second-order valence-electron chi connectivity index (χ2n) is 5.03. The number of carbonyl (C=O) groups excluding carboxylic acids is 1. The Morgan fingerprint density at radius 2 is 2.24 bits per heavy atom. The predicted molar refractivity (Wildman–Crippen MR) is 73.4 cm³/mol. The van der Waals surface area contributed by atoms with Gasteiger partial charge in [0.1, 0.15) is 0 Å². The molecule has 8 heteroatoms. The van der Waals surface area contributed by atoms with Crippen LogP contribution in [-0.2, 0) is 9.84 Å². The van der Waals surface area contributed by atoms with E-state index in [0.717, 1.165) is 0 Å². The molecule has 1 aliphatic rings. The van der Waals surface area contributed by atoms with Gasteiger partial charge in [0.25, 0.3) is 5.91 Å². The van der Waals surface area contributed by atoms with Gasteiger partial charge in [-0.25, -0.2) is 8.42 Å². The van der Waals surface area contributed by atoms with Crippen molar-refractivity contribution in [2.75, 3.05) is 18.6 Å². The molecule has 21 heavy (non-hydrogen) atoms. The van der Waals surface area contributed by atoms with Gasteiger partial charge in [-0.05, 0) is 18.6 Å². The minimum absolute atomic E-state index is 0.00185. The predicted octanol–water partition coefficient (Wildman–Crippen LogP) is 1.19. The van der Waals surface area contributed by atoms with E-state index >= 15 is 0 Å². The molecule has 3 heterocycles. The van der Waals surface area contributed by atoms with E-state index < -0.39 is 9.84 Å². The van der Waals surface area contributed by atoms with E-state index in [9.17, 15) is 13.2 Å². The lowest BCUT2D eigenvalue weighted by Gasteiger charge is -2.21. The quantitative estimate of drug-likeness (QED) is 0.845. The van der Waals surface area contributed by atoms with Crippen LogP contribution in [-0.4, -0.2) is 49.0 Å². The van der Waals surface area contributed by atoms with Crippen LogP contribution in [0.1, 0.15) is 16.9 Å². The maximum atomic E-state index is 12.3. The molecular formula is C13H14N2O5S. The smallest absolute Gasteiger partial charge is 0.276 e. The largest absolute Gasteiger partial charge is 0.461 e. The van der Waals surface area contributed by atoms with Gasteiger partial charge in [0.15, 0.2) is 21.3 Å². The summed E-state index contributed by atoms with van der Waals surface area (Å²) in [5.41, 5.74) is 0.133. The Balaban J connectivity index is 1.76. The monoisotopic (exact) mass is 310 g/mol. The summed E-state index contributed by atoms with van der Waals surface area (Å²) in [5.74, 6) is 0.589. The van der Waals surface area contributed by atoms with Crippen molar-refractivity contribution in [1.82, 2.24) is 10.1 Å². The molecule has 7 nitrogen and oxygen atoms in total. The molecule has 112 valence electrons. The highest BCUT2D eigenvalue weighted by molar-refractivity contribution is 7.91. The van der Waals surface area contributed by atoms with Gasteiger partial charge < -0.3 is 13.8 Å². The molecule has 0 spiro atoms. The number of furan rings is 1. The number of carbonyl (C=O) groups is 1. The van der Waals surface area contributed by atoms with Gasteiger partial charge >= 0.3 is 0 Å². The highest BCUT2D eigenvalue weighted by Crippen LogP contribution is 2.23. The van der Waals surface area contributed by atoms with E-state index in [1.165, 1.54) is 17.2 Å². The Kier molecular flexibility index (Phi) is 3.32. The van der Waals surface area contributed by atoms with Crippen molar-refractivity contribution < 1.29 is 22.2 Å². The van der Waals surface area contributed by atoms with Crippen molar-refractivity contribution in [3.8, 4) is 11.5 Å². The molecule has 1 saturated heterocycles. The van der Waals surface area contributed by atoms with Crippen LogP contribution in [0.25, 0.3) is 11.5 Å². The normalized spacial score (nSPS) is 20.5. The third kappa shape index (κ3) is 2.71. The summed E-state index contributed by atoms with van der Waals surface area (Å²) in [7, 11) is -1.46. The summed E-state index contributed by atoms with van der Waals surface area (Å²) in [4.78, 5) is 13.7. The first kappa shape index (κ1) is 13.9. The summed E-state index contributed by atoms with van der Waals surface area (Å²) in [5, 5.41) is 3.73. The van der Waals surface area contributed by atoms with Crippen LogP contribution in [0, 0.1) is 0 Å². The average molecular weight is 310 g/mol. The standard InChI is InChI=1S/C13H14N2O5S/c1-15(9-4-6-21(17,18)8-9)13(16)10-7-12(20-14-10)11-3-2-5-19-11/h2-3,5,7,9H,4,6,8H2,1H3/t9-/m1/s1. The molecule has 0 radical (unpaired) electrons. The highest BCUT2D eigenvalue weighted by atomic mass is 32.2. The molecule has 1 aliphatic heterocycles. The van der Waals surface area contributed by atoms with Gasteiger partial charge in [-0.3, -0.25) is 4.79 Å². The molecule has 2 aromatic rings. The van der Waals surface area contributed by atoms with Gasteiger partial charge in [0, 0.05) is 19.2 Å². The van der Waals surface area contributed by atoms with Crippen molar-refractivity contribution in [2.45, 2.75) is 12.5 Å². The lowest BCUT2D eigenvalue weighted by atomic mass is 10.2. The van der Waals surface area contributed by atoms with E-state index in [2.05, 4.69) is 5.16 Å².